The van der Waals surface area contributed by atoms with Crippen LogP contribution in [0.15, 0.2) is 53.5 Å². The Morgan fingerprint density at radius 2 is 1.83 bits per heavy atom. The van der Waals surface area contributed by atoms with Crippen LogP contribution in [0, 0.1) is 5.82 Å². The molecule has 0 atom stereocenters. The lowest BCUT2D eigenvalue weighted by atomic mass is 10.1. The minimum atomic E-state index is -0.220. The predicted molar refractivity (Wildman–Crippen MR) is 91.0 cm³/mol. The first kappa shape index (κ1) is 16.8. The van der Waals surface area contributed by atoms with Crippen LogP contribution in [0.2, 0.25) is 0 Å². The summed E-state index contributed by atoms with van der Waals surface area (Å²) in [4.78, 5) is 4.13. The van der Waals surface area contributed by atoms with Crippen molar-refractivity contribution < 1.29 is 9.50 Å². The molecule has 5 heteroatoms. The number of rotatable bonds is 6. The van der Waals surface area contributed by atoms with Crippen LogP contribution in [0.1, 0.15) is 17.5 Å². The number of aliphatic imine (C=N–C) groups is 1. The van der Waals surface area contributed by atoms with E-state index in [-0.39, 0.29) is 11.6 Å². The largest absolute Gasteiger partial charge is 0.508 e. The van der Waals surface area contributed by atoms with Gasteiger partial charge in [-0.25, -0.2) is 4.39 Å². The summed E-state index contributed by atoms with van der Waals surface area (Å²) in [5, 5.41) is 15.5. The summed E-state index contributed by atoms with van der Waals surface area (Å²) in [6, 6.07) is 13.9. The van der Waals surface area contributed by atoms with Gasteiger partial charge in [0.25, 0.3) is 0 Å². The summed E-state index contributed by atoms with van der Waals surface area (Å²) in [6.07, 6.45) is 1.85. The standard InChI is InChI=1S/C18H22FN3O/c1-20-18(22-13-15-6-2-3-7-17(15)19)21-12-4-5-14-8-10-16(23)11-9-14/h2-3,6-11,23H,4-5,12-13H2,1H3,(H2,20,21,22). The first-order valence-electron chi connectivity index (χ1n) is 7.65. The molecule has 0 amide bonds. The first-order chi connectivity index (χ1) is 11.2. The highest BCUT2D eigenvalue weighted by atomic mass is 19.1. The molecule has 0 fully saturated rings. The van der Waals surface area contributed by atoms with Gasteiger partial charge in [-0.05, 0) is 36.6 Å². The number of benzene rings is 2. The van der Waals surface area contributed by atoms with E-state index in [9.17, 15) is 9.50 Å². The molecule has 2 aromatic rings. The molecule has 2 rings (SSSR count). The van der Waals surface area contributed by atoms with Crippen molar-refractivity contribution in [1.82, 2.24) is 10.6 Å². The molecule has 0 aromatic heterocycles. The molecule has 0 aliphatic heterocycles. The minimum absolute atomic E-state index is 0.220. The van der Waals surface area contributed by atoms with Crippen molar-refractivity contribution in [2.45, 2.75) is 19.4 Å². The highest BCUT2D eigenvalue weighted by Crippen LogP contribution is 2.10. The van der Waals surface area contributed by atoms with Gasteiger partial charge in [0.05, 0.1) is 0 Å². The molecule has 4 nitrogen and oxygen atoms in total. The van der Waals surface area contributed by atoms with Gasteiger partial charge in [-0.2, -0.15) is 0 Å². The maximum atomic E-state index is 13.5. The van der Waals surface area contributed by atoms with Crippen LogP contribution < -0.4 is 10.6 Å². The van der Waals surface area contributed by atoms with Gasteiger partial charge in [0.2, 0.25) is 0 Å². The summed E-state index contributed by atoms with van der Waals surface area (Å²) >= 11 is 0. The van der Waals surface area contributed by atoms with Crippen molar-refractivity contribution in [2.24, 2.45) is 4.99 Å². The summed E-state index contributed by atoms with van der Waals surface area (Å²) in [5.41, 5.74) is 1.79. The lowest BCUT2D eigenvalue weighted by molar-refractivity contribution is 0.475. The Morgan fingerprint density at radius 1 is 1.09 bits per heavy atom. The highest BCUT2D eigenvalue weighted by molar-refractivity contribution is 5.79. The molecular formula is C18H22FN3O. The van der Waals surface area contributed by atoms with Crippen LogP contribution in [0.3, 0.4) is 0 Å². The second kappa shape index (κ2) is 8.78. The third-order valence-corrected chi connectivity index (χ3v) is 3.50. The Hall–Kier alpha value is -2.56. The molecule has 23 heavy (non-hydrogen) atoms. The van der Waals surface area contributed by atoms with Crippen LogP contribution >= 0.6 is 0 Å². The van der Waals surface area contributed by atoms with E-state index in [1.807, 2.05) is 18.2 Å². The normalized spacial score (nSPS) is 11.3. The Bertz CT molecular complexity index is 641. The lowest BCUT2D eigenvalue weighted by Gasteiger charge is -2.12. The molecule has 2 aromatic carbocycles. The van der Waals surface area contributed by atoms with Gasteiger partial charge in [-0.3, -0.25) is 4.99 Å². The van der Waals surface area contributed by atoms with Gasteiger partial charge in [0.1, 0.15) is 11.6 Å². The van der Waals surface area contributed by atoms with Crippen molar-refractivity contribution in [2.75, 3.05) is 13.6 Å². The average Bonchev–Trinajstić information content (AvgIpc) is 2.57. The van der Waals surface area contributed by atoms with Crippen LogP contribution in [-0.4, -0.2) is 24.7 Å². The SMILES string of the molecule is CN=C(NCCCc1ccc(O)cc1)NCc1ccccc1F. The zero-order chi connectivity index (χ0) is 16.5. The molecule has 122 valence electrons. The van der Waals surface area contributed by atoms with E-state index in [1.165, 1.54) is 11.6 Å². The molecule has 0 bridgehead atoms. The van der Waals surface area contributed by atoms with E-state index in [2.05, 4.69) is 15.6 Å². The minimum Gasteiger partial charge on any atom is -0.508 e. The van der Waals surface area contributed by atoms with Crippen LogP contribution in [0.5, 0.6) is 5.75 Å². The van der Waals surface area contributed by atoms with E-state index in [0.29, 0.717) is 18.1 Å². The Balaban J connectivity index is 1.71. The van der Waals surface area contributed by atoms with Crippen molar-refractivity contribution in [3.63, 3.8) is 0 Å². The van der Waals surface area contributed by atoms with Gasteiger partial charge in [0.15, 0.2) is 5.96 Å². The number of nitrogens with one attached hydrogen (secondary N) is 2. The number of guanidine groups is 1. The quantitative estimate of drug-likeness (QED) is 0.436. The van der Waals surface area contributed by atoms with Crippen molar-refractivity contribution in [3.8, 4) is 5.75 Å². The Labute approximate surface area is 136 Å². The molecule has 0 radical (unpaired) electrons. The number of nitrogens with zero attached hydrogens (tertiary/aromatic N) is 1. The van der Waals surface area contributed by atoms with Gasteiger partial charge < -0.3 is 15.7 Å². The van der Waals surface area contributed by atoms with Gasteiger partial charge in [-0.1, -0.05) is 30.3 Å². The van der Waals surface area contributed by atoms with Crippen LogP contribution in [-0.2, 0) is 13.0 Å². The number of aryl methyl sites for hydroxylation is 1. The van der Waals surface area contributed by atoms with Crippen LogP contribution in [0.25, 0.3) is 0 Å². The maximum Gasteiger partial charge on any atom is 0.191 e. The monoisotopic (exact) mass is 315 g/mol. The summed E-state index contributed by atoms with van der Waals surface area (Å²) in [6.45, 7) is 1.15. The summed E-state index contributed by atoms with van der Waals surface area (Å²) < 4.78 is 13.5. The fourth-order valence-corrected chi connectivity index (χ4v) is 2.20. The fourth-order valence-electron chi connectivity index (χ4n) is 2.20. The summed E-state index contributed by atoms with van der Waals surface area (Å²) in [7, 11) is 1.69. The van der Waals surface area contributed by atoms with Crippen molar-refractivity contribution in [1.29, 1.82) is 0 Å². The number of aromatic hydroxyl groups is 1. The lowest BCUT2D eigenvalue weighted by Crippen LogP contribution is -2.37. The maximum absolute atomic E-state index is 13.5. The molecule has 0 spiro atoms. The van der Waals surface area contributed by atoms with Gasteiger partial charge in [-0.15, -0.1) is 0 Å². The molecule has 3 N–H and O–H groups in total. The average molecular weight is 315 g/mol. The topological polar surface area (TPSA) is 56.7 Å². The van der Waals surface area contributed by atoms with Crippen molar-refractivity contribution >= 4 is 5.96 Å². The zero-order valence-electron chi connectivity index (χ0n) is 13.2. The molecule has 0 aliphatic carbocycles. The first-order valence-corrected chi connectivity index (χ1v) is 7.65. The Morgan fingerprint density at radius 3 is 2.52 bits per heavy atom. The van der Waals surface area contributed by atoms with Crippen LogP contribution in [0.4, 0.5) is 4.39 Å². The van der Waals surface area contributed by atoms with E-state index in [1.54, 1.807) is 31.3 Å². The highest BCUT2D eigenvalue weighted by Gasteiger charge is 2.02. The van der Waals surface area contributed by atoms with E-state index >= 15 is 0 Å². The van der Waals surface area contributed by atoms with Crippen molar-refractivity contribution in [3.05, 3.63) is 65.5 Å². The molecule has 0 saturated heterocycles. The van der Waals surface area contributed by atoms with Gasteiger partial charge >= 0.3 is 0 Å². The van der Waals surface area contributed by atoms with Gasteiger partial charge in [0, 0.05) is 25.7 Å². The molecule has 0 aliphatic rings. The third kappa shape index (κ3) is 5.62. The number of phenolic OH excluding ortho intramolecular Hbond substituents is 1. The molecule has 0 saturated carbocycles. The number of phenols is 1. The molecular weight excluding hydrogens is 293 g/mol. The smallest absolute Gasteiger partial charge is 0.191 e. The second-order valence-corrected chi connectivity index (χ2v) is 5.21. The number of halogens is 1. The molecule has 0 heterocycles. The second-order valence-electron chi connectivity index (χ2n) is 5.21. The number of hydrogen-bond donors (Lipinski definition) is 3. The summed E-state index contributed by atoms with van der Waals surface area (Å²) in [5.74, 6) is 0.714. The molecule has 0 unspecified atom stereocenters. The van der Waals surface area contributed by atoms with E-state index in [0.717, 1.165) is 19.4 Å². The van der Waals surface area contributed by atoms with E-state index in [4.69, 9.17) is 0 Å². The Kier molecular flexibility index (Phi) is 6.41. The predicted octanol–water partition coefficient (Wildman–Crippen LogP) is 2.83. The fraction of sp³-hybridized carbons (Fsp3) is 0.278. The van der Waals surface area contributed by atoms with E-state index < -0.39 is 0 Å². The zero-order valence-corrected chi connectivity index (χ0v) is 13.2. The third-order valence-electron chi connectivity index (χ3n) is 3.50. The number of hydrogen-bond acceptors (Lipinski definition) is 2.